The Bertz CT molecular complexity index is 1180. The molecular formula is C31H43N3O7. The number of para-hydroxylation sites is 1. The van der Waals surface area contributed by atoms with Crippen LogP contribution < -0.4 is 10.6 Å². The number of amides is 3. The van der Waals surface area contributed by atoms with E-state index in [1.165, 1.54) is 4.90 Å². The molecule has 0 saturated carbocycles. The van der Waals surface area contributed by atoms with Gasteiger partial charge in [-0.05, 0) is 52.2 Å². The van der Waals surface area contributed by atoms with Crippen LogP contribution in [0.2, 0.25) is 0 Å². The molecule has 0 fully saturated rings. The maximum absolute atomic E-state index is 14.2. The van der Waals surface area contributed by atoms with Crippen LogP contribution in [0.25, 0.3) is 0 Å². The third-order valence-corrected chi connectivity index (χ3v) is 6.08. The Morgan fingerprint density at radius 1 is 1.00 bits per heavy atom. The summed E-state index contributed by atoms with van der Waals surface area (Å²) in [6.45, 7) is 10.8. The maximum atomic E-state index is 14.2. The number of ether oxygens (including phenoxy) is 2. The van der Waals surface area contributed by atoms with Crippen LogP contribution in [0.5, 0.6) is 5.75 Å². The van der Waals surface area contributed by atoms with E-state index < -0.39 is 41.6 Å². The van der Waals surface area contributed by atoms with Crippen LogP contribution >= 0.6 is 0 Å². The van der Waals surface area contributed by atoms with E-state index in [0.29, 0.717) is 12.0 Å². The Labute approximate surface area is 242 Å². The number of alkyl carbamates (subject to hydrolysis) is 1. The SMILES string of the molecule is CCCN(C(=O)C(Cc1ccccc1)NC(=O)OC(C)(C)C)C(C(=O)NCCC(=O)OCC)c1cccc(C)c1O. The molecule has 0 aliphatic heterocycles. The minimum Gasteiger partial charge on any atom is -0.507 e. The molecule has 0 aliphatic carbocycles. The van der Waals surface area contributed by atoms with Gasteiger partial charge in [-0.3, -0.25) is 14.4 Å². The number of carbonyl (C=O) groups is 4. The first kappa shape index (κ1) is 33.1. The van der Waals surface area contributed by atoms with E-state index >= 15 is 0 Å². The molecule has 10 nitrogen and oxygen atoms in total. The van der Waals surface area contributed by atoms with Crippen LogP contribution in [-0.4, -0.2) is 65.2 Å². The van der Waals surface area contributed by atoms with Crippen molar-refractivity contribution in [2.45, 2.75) is 78.5 Å². The van der Waals surface area contributed by atoms with Crippen molar-refractivity contribution >= 4 is 23.9 Å². The number of carbonyl (C=O) groups excluding carboxylic acids is 4. The van der Waals surface area contributed by atoms with Crippen molar-refractivity contribution in [3.8, 4) is 5.75 Å². The highest BCUT2D eigenvalue weighted by atomic mass is 16.6. The van der Waals surface area contributed by atoms with Gasteiger partial charge in [-0.2, -0.15) is 0 Å². The molecule has 2 rings (SSSR count). The van der Waals surface area contributed by atoms with Gasteiger partial charge in [0, 0.05) is 25.1 Å². The van der Waals surface area contributed by atoms with E-state index in [2.05, 4.69) is 10.6 Å². The fourth-order valence-electron chi connectivity index (χ4n) is 4.28. The number of aryl methyl sites for hydroxylation is 1. The lowest BCUT2D eigenvalue weighted by Gasteiger charge is -2.34. The molecule has 0 spiro atoms. The number of esters is 1. The fourth-order valence-corrected chi connectivity index (χ4v) is 4.28. The van der Waals surface area contributed by atoms with Gasteiger partial charge in [0.05, 0.1) is 13.0 Å². The number of nitrogens with one attached hydrogen (secondary N) is 2. The minimum absolute atomic E-state index is 0.0154. The van der Waals surface area contributed by atoms with Crippen molar-refractivity contribution in [1.29, 1.82) is 0 Å². The molecule has 0 bridgehead atoms. The number of rotatable bonds is 13. The molecule has 0 heterocycles. The van der Waals surface area contributed by atoms with Crippen molar-refractivity contribution in [2.75, 3.05) is 19.7 Å². The minimum atomic E-state index is -1.23. The molecule has 41 heavy (non-hydrogen) atoms. The van der Waals surface area contributed by atoms with Gasteiger partial charge in [0.15, 0.2) is 0 Å². The summed E-state index contributed by atoms with van der Waals surface area (Å²) in [4.78, 5) is 53.9. The second-order valence-corrected chi connectivity index (χ2v) is 10.7. The average Bonchev–Trinajstić information content (AvgIpc) is 2.89. The molecule has 0 radical (unpaired) electrons. The topological polar surface area (TPSA) is 134 Å². The van der Waals surface area contributed by atoms with Crippen molar-refractivity contribution in [3.05, 3.63) is 65.2 Å². The summed E-state index contributed by atoms with van der Waals surface area (Å²) in [6.07, 6.45) is -0.173. The van der Waals surface area contributed by atoms with Crippen LogP contribution in [0.3, 0.4) is 0 Å². The summed E-state index contributed by atoms with van der Waals surface area (Å²) in [7, 11) is 0. The highest BCUT2D eigenvalue weighted by Crippen LogP contribution is 2.32. The highest BCUT2D eigenvalue weighted by Gasteiger charge is 2.37. The Hall–Kier alpha value is -4.08. The number of phenols is 1. The van der Waals surface area contributed by atoms with Crippen LogP contribution in [0, 0.1) is 6.92 Å². The zero-order valence-electron chi connectivity index (χ0n) is 24.9. The standard InChI is InChI=1S/C31H43N3O7/c1-7-19-34(29(38)24(20-22-14-10-9-11-15-22)33-30(39)41-31(4,5)6)26(23-16-12-13-21(3)27(23)36)28(37)32-18-17-25(35)40-8-2/h9-16,24,26,36H,7-8,17-20H2,1-6H3,(H,32,37)(H,33,39). The van der Waals surface area contributed by atoms with Crippen LogP contribution in [-0.2, 0) is 30.3 Å². The largest absolute Gasteiger partial charge is 0.507 e. The number of benzene rings is 2. The fraction of sp³-hybridized carbons (Fsp3) is 0.484. The first-order valence-corrected chi connectivity index (χ1v) is 13.9. The van der Waals surface area contributed by atoms with Gasteiger partial charge in [0.25, 0.3) is 0 Å². The van der Waals surface area contributed by atoms with Gasteiger partial charge in [-0.15, -0.1) is 0 Å². The number of aromatic hydroxyl groups is 1. The monoisotopic (exact) mass is 569 g/mol. The van der Waals surface area contributed by atoms with Crippen LogP contribution in [0.1, 0.15) is 70.2 Å². The van der Waals surface area contributed by atoms with E-state index in [-0.39, 0.29) is 43.9 Å². The van der Waals surface area contributed by atoms with Gasteiger partial charge in [-0.25, -0.2) is 4.79 Å². The van der Waals surface area contributed by atoms with E-state index in [1.807, 2.05) is 37.3 Å². The van der Waals surface area contributed by atoms with E-state index in [9.17, 15) is 24.3 Å². The molecule has 0 aromatic heterocycles. The molecule has 3 N–H and O–H groups in total. The zero-order chi connectivity index (χ0) is 30.6. The lowest BCUT2D eigenvalue weighted by atomic mass is 9.98. The van der Waals surface area contributed by atoms with E-state index in [0.717, 1.165) is 5.56 Å². The summed E-state index contributed by atoms with van der Waals surface area (Å²) >= 11 is 0. The third kappa shape index (κ3) is 10.4. The first-order valence-electron chi connectivity index (χ1n) is 13.9. The van der Waals surface area contributed by atoms with Crippen molar-refractivity contribution < 1.29 is 33.8 Å². The van der Waals surface area contributed by atoms with Gasteiger partial charge in [-0.1, -0.05) is 55.5 Å². The number of hydrogen-bond acceptors (Lipinski definition) is 7. The molecule has 0 aliphatic rings. The van der Waals surface area contributed by atoms with Crippen molar-refractivity contribution in [2.24, 2.45) is 0 Å². The first-order chi connectivity index (χ1) is 19.4. The molecule has 0 saturated heterocycles. The number of nitrogens with zero attached hydrogens (tertiary/aromatic N) is 1. The molecule has 2 aromatic carbocycles. The highest BCUT2D eigenvalue weighted by molar-refractivity contribution is 5.93. The van der Waals surface area contributed by atoms with Gasteiger partial charge in [0.1, 0.15) is 23.4 Å². The molecule has 2 atom stereocenters. The Morgan fingerprint density at radius 3 is 2.29 bits per heavy atom. The summed E-state index contributed by atoms with van der Waals surface area (Å²) in [5.41, 5.74) is 0.772. The number of hydrogen-bond donors (Lipinski definition) is 3. The average molecular weight is 570 g/mol. The van der Waals surface area contributed by atoms with Crippen LogP contribution in [0.15, 0.2) is 48.5 Å². The molecule has 224 valence electrons. The summed E-state index contributed by atoms with van der Waals surface area (Å²) in [5.74, 6) is -1.68. The second-order valence-electron chi connectivity index (χ2n) is 10.7. The second kappa shape index (κ2) is 15.6. The maximum Gasteiger partial charge on any atom is 0.408 e. The van der Waals surface area contributed by atoms with E-state index in [1.54, 1.807) is 52.8 Å². The van der Waals surface area contributed by atoms with Gasteiger partial charge in [0.2, 0.25) is 11.8 Å². The van der Waals surface area contributed by atoms with E-state index in [4.69, 9.17) is 9.47 Å². The Morgan fingerprint density at radius 2 is 1.68 bits per heavy atom. The molecule has 2 aromatic rings. The predicted molar refractivity (Wildman–Crippen MR) is 155 cm³/mol. The smallest absolute Gasteiger partial charge is 0.408 e. The predicted octanol–water partition coefficient (Wildman–Crippen LogP) is 4.19. The Balaban J connectivity index is 2.50. The normalized spacial score (nSPS) is 12.5. The third-order valence-electron chi connectivity index (χ3n) is 6.08. The molecule has 10 heteroatoms. The Kier molecular flexibility index (Phi) is 12.6. The summed E-state index contributed by atoms with van der Waals surface area (Å²) < 4.78 is 10.4. The van der Waals surface area contributed by atoms with Crippen molar-refractivity contribution in [3.63, 3.8) is 0 Å². The zero-order valence-corrected chi connectivity index (χ0v) is 24.9. The van der Waals surface area contributed by atoms with Crippen LogP contribution in [0.4, 0.5) is 4.79 Å². The molecule has 2 unspecified atom stereocenters. The van der Waals surface area contributed by atoms with Gasteiger partial charge >= 0.3 is 12.1 Å². The van der Waals surface area contributed by atoms with Gasteiger partial charge < -0.3 is 30.1 Å². The summed E-state index contributed by atoms with van der Waals surface area (Å²) in [5, 5.41) is 16.4. The quantitative estimate of drug-likeness (QED) is 0.308. The van der Waals surface area contributed by atoms with Crippen molar-refractivity contribution in [1.82, 2.24) is 15.5 Å². The lowest BCUT2D eigenvalue weighted by Crippen LogP contribution is -2.54. The molecule has 3 amide bonds. The summed E-state index contributed by atoms with van der Waals surface area (Å²) in [6, 6.07) is 11.9. The lowest BCUT2D eigenvalue weighted by molar-refractivity contribution is -0.144. The number of phenolic OH excluding ortho intramolecular Hbond substituents is 1. The molecular weight excluding hydrogens is 526 g/mol.